The van der Waals surface area contributed by atoms with E-state index in [1.807, 2.05) is 4.90 Å². The minimum absolute atomic E-state index is 0.0502. The molecular formula is C19H30N4O2S. The highest BCUT2D eigenvalue weighted by atomic mass is 32.1. The largest absolute Gasteiger partial charge is 0.351 e. The summed E-state index contributed by atoms with van der Waals surface area (Å²) in [6, 6.07) is 0. The maximum atomic E-state index is 12.6. The molecule has 1 saturated carbocycles. The molecule has 1 aromatic heterocycles. The summed E-state index contributed by atoms with van der Waals surface area (Å²) in [6.07, 6.45) is 7.46. The Hall–Kier alpha value is -1.50. The van der Waals surface area contributed by atoms with E-state index >= 15 is 0 Å². The fourth-order valence-corrected chi connectivity index (χ4v) is 4.81. The number of carbonyl (C=O) groups excluding carboxylic acids is 2. The number of nitrogens with one attached hydrogen (secondary N) is 1. The summed E-state index contributed by atoms with van der Waals surface area (Å²) in [5.41, 5.74) is 0.966. The van der Waals surface area contributed by atoms with Gasteiger partial charge in [-0.15, -0.1) is 5.10 Å². The lowest BCUT2D eigenvalue weighted by molar-refractivity contribution is -0.139. The zero-order valence-electron chi connectivity index (χ0n) is 15.9. The van der Waals surface area contributed by atoms with Gasteiger partial charge in [0, 0.05) is 19.5 Å². The van der Waals surface area contributed by atoms with E-state index in [9.17, 15) is 9.59 Å². The number of carbonyl (C=O) groups is 2. The summed E-state index contributed by atoms with van der Waals surface area (Å²) in [4.78, 5) is 27.9. The molecule has 1 N–H and O–H groups in total. The monoisotopic (exact) mass is 378 g/mol. The molecule has 2 amide bonds. The Morgan fingerprint density at radius 2 is 2.04 bits per heavy atom. The summed E-state index contributed by atoms with van der Waals surface area (Å²) >= 11 is 1.35. The highest BCUT2D eigenvalue weighted by molar-refractivity contribution is 7.05. The van der Waals surface area contributed by atoms with Gasteiger partial charge in [0.2, 0.25) is 11.8 Å². The maximum absolute atomic E-state index is 12.6. The Labute approximate surface area is 159 Å². The minimum atomic E-state index is -0.0975. The van der Waals surface area contributed by atoms with Crippen LogP contribution < -0.4 is 5.32 Å². The van der Waals surface area contributed by atoms with Crippen LogP contribution >= 0.6 is 11.5 Å². The van der Waals surface area contributed by atoms with Gasteiger partial charge < -0.3 is 10.2 Å². The fraction of sp³-hybridized carbons (Fsp3) is 0.789. The number of likely N-dealkylation sites (tertiary alicyclic amines) is 1. The number of piperidine rings is 1. The number of rotatable bonds is 6. The Balaban J connectivity index is 1.52. The van der Waals surface area contributed by atoms with Crippen LogP contribution in [-0.2, 0) is 16.1 Å². The molecule has 0 radical (unpaired) electrons. The molecule has 1 aliphatic carbocycles. The predicted molar refractivity (Wildman–Crippen MR) is 102 cm³/mol. The van der Waals surface area contributed by atoms with Crippen LogP contribution in [0.1, 0.15) is 75.3 Å². The second kappa shape index (κ2) is 8.93. The third kappa shape index (κ3) is 4.81. The zero-order chi connectivity index (χ0) is 18.5. The Kier molecular flexibility index (Phi) is 6.62. The molecule has 2 aliphatic rings. The van der Waals surface area contributed by atoms with Crippen LogP contribution in [0.3, 0.4) is 0 Å². The lowest BCUT2D eigenvalue weighted by atomic mass is 9.87. The molecule has 6 nitrogen and oxygen atoms in total. The van der Waals surface area contributed by atoms with Gasteiger partial charge in [-0.3, -0.25) is 9.59 Å². The lowest BCUT2D eigenvalue weighted by Gasteiger charge is -2.35. The van der Waals surface area contributed by atoms with E-state index < -0.39 is 0 Å². The van der Waals surface area contributed by atoms with Crippen molar-refractivity contribution in [3.63, 3.8) is 0 Å². The van der Waals surface area contributed by atoms with Crippen LogP contribution in [0.25, 0.3) is 0 Å². The first kappa shape index (κ1) is 19.3. The summed E-state index contributed by atoms with van der Waals surface area (Å²) < 4.78 is 4.01. The van der Waals surface area contributed by atoms with Gasteiger partial charge in [0.25, 0.3) is 0 Å². The number of amides is 2. The molecule has 1 atom stereocenters. The fourth-order valence-electron chi connectivity index (χ4n) is 4.07. The van der Waals surface area contributed by atoms with Crippen LogP contribution in [0.2, 0.25) is 0 Å². The van der Waals surface area contributed by atoms with E-state index in [1.54, 1.807) is 0 Å². The lowest BCUT2D eigenvalue weighted by Crippen LogP contribution is -2.47. The summed E-state index contributed by atoms with van der Waals surface area (Å²) in [5, 5.41) is 7.20. The van der Waals surface area contributed by atoms with E-state index in [-0.39, 0.29) is 17.7 Å². The number of hydrogen-bond acceptors (Lipinski definition) is 5. The van der Waals surface area contributed by atoms with Crippen molar-refractivity contribution in [2.75, 3.05) is 13.1 Å². The molecule has 7 heteroatoms. The molecule has 1 aliphatic heterocycles. The molecule has 2 fully saturated rings. The molecule has 3 rings (SSSR count). The Morgan fingerprint density at radius 3 is 2.77 bits per heavy atom. The minimum Gasteiger partial charge on any atom is -0.351 e. The molecule has 144 valence electrons. The summed E-state index contributed by atoms with van der Waals surface area (Å²) in [6.45, 7) is 6.05. The summed E-state index contributed by atoms with van der Waals surface area (Å²) in [7, 11) is 0. The average molecular weight is 379 g/mol. The number of aromatic nitrogens is 2. The van der Waals surface area contributed by atoms with Crippen molar-refractivity contribution in [1.82, 2.24) is 19.8 Å². The maximum Gasteiger partial charge on any atom is 0.225 e. The highest BCUT2D eigenvalue weighted by Gasteiger charge is 2.31. The third-order valence-corrected chi connectivity index (χ3v) is 6.37. The average Bonchev–Trinajstić information content (AvgIpc) is 3.11. The molecular weight excluding hydrogens is 348 g/mol. The zero-order valence-corrected chi connectivity index (χ0v) is 16.7. The first-order valence-corrected chi connectivity index (χ1v) is 10.7. The van der Waals surface area contributed by atoms with Crippen molar-refractivity contribution in [2.24, 2.45) is 11.8 Å². The second-order valence-electron chi connectivity index (χ2n) is 7.99. The van der Waals surface area contributed by atoms with Crippen LogP contribution in [0.4, 0.5) is 0 Å². The van der Waals surface area contributed by atoms with Gasteiger partial charge in [-0.2, -0.15) is 0 Å². The van der Waals surface area contributed by atoms with E-state index in [4.69, 9.17) is 0 Å². The molecule has 2 heterocycles. The molecule has 0 spiro atoms. The van der Waals surface area contributed by atoms with Crippen molar-refractivity contribution < 1.29 is 9.59 Å². The van der Waals surface area contributed by atoms with Crippen LogP contribution in [0.15, 0.2) is 0 Å². The normalized spacial score (nSPS) is 22.0. The quantitative estimate of drug-likeness (QED) is 0.825. The predicted octanol–water partition coefficient (Wildman–Crippen LogP) is 3.10. The smallest absolute Gasteiger partial charge is 0.225 e. The van der Waals surface area contributed by atoms with E-state index in [2.05, 4.69) is 28.8 Å². The third-order valence-electron chi connectivity index (χ3n) is 5.63. The van der Waals surface area contributed by atoms with Crippen molar-refractivity contribution in [3.8, 4) is 0 Å². The molecule has 0 aromatic carbocycles. The second-order valence-corrected chi connectivity index (χ2v) is 8.83. The van der Waals surface area contributed by atoms with Crippen LogP contribution in [-0.4, -0.2) is 39.4 Å². The van der Waals surface area contributed by atoms with Gasteiger partial charge in [-0.1, -0.05) is 37.6 Å². The van der Waals surface area contributed by atoms with Gasteiger partial charge in [0.15, 0.2) is 0 Å². The topological polar surface area (TPSA) is 75.2 Å². The van der Waals surface area contributed by atoms with Gasteiger partial charge in [-0.05, 0) is 42.6 Å². The summed E-state index contributed by atoms with van der Waals surface area (Å²) in [5.74, 6) is 1.09. The first-order chi connectivity index (χ1) is 12.5. The van der Waals surface area contributed by atoms with E-state index in [0.717, 1.165) is 17.1 Å². The van der Waals surface area contributed by atoms with Crippen molar-refractivity contribution >= 4 is 23.3 Å². The Bertz CT molecular complexity index is 625. The van der Waals surface area contributed by atoms with Crippen LogP contribution in [0.5, 0.6) is 0 Å². The van der Waals surface area contributed by atoms with E-state index in [1.165, 1.54) is 43.6 Å². The van der Waals surface area contributed by atoms with Gasteiger partial charge in [-0.25, -0.2) is 0 Å². The molecule has 0 unspecified atom stereocenters. The van der Waals surface area contributed by atoms with Crippen molar-refractivity contribution in [3.05, 3.63) is 10.6 Å². The number of hydrogen-bond donors (Lipinski definition) is 1. The standard InChI is InChI=1S/C19H30N4O2S/c1-13(2)18-16(26-22-21-18)10-20-19(25)15-8-9-17(24)23(12-15)11-14-6-4-3-5-7-14/h13-15H,3-12H2,1-2H3,(H,20,25)/t15-/m1/s1. The first-order valence-electron chi connectivity index (χ1n) is 9.91. The van der Waals surface area contributed by atoms with Crippen molar-refractivity contribution in [1.29, 1.82) is 0 Å². The van der Waals surface area contributed by atoms with Gasteiger partial charge >= 0.3 is 0 Å². The van der Waals surface area contributed by atoms with Gasteiger partial charge in [0.05, 0.1) is 23.0 Å². The Morgan fingerprint density at radius 1 is 1.27 bits per heavy atom. The molecule has 1 aromatic rings. The molecule has 26 heavy (non-hydrogen) atoms. The van der Waals surface area contributed by atoms with Gasteiger partial charge in [0.1, 0.15) is 0 Å². The van der Waals surface area contributed by atoms with Crippen molar-refractivity contribution in [2.45, 2.75) is 71.3 Å². The number of nitrogens with zero attached hydrogens (tertiary/aromatic N) is 3. The SMILES string of the molecule is CC(C)c1nnsc1CNC(=O)[C@@H]1CCC(=O)N(CC2CCCCC2)C1. The van der Waals surface area contributed by atoms with Crippen LogP contribution in [0, 0.1) is 11.8 Å². The molecule has 1 saturated heterocycles. The highest BCUT2D eigenvalue weighted by Crippen LogP contribution is 2.27. The van der Waals surface area contributed by atoms with E-state index in [0.29, 0.717) is 37.8 Å². The molecule has 0 bridgehead atoms.